The van der Waals surface area contributed by atoms with Crippen molar-refractivity contribution < 1.29 is 18.7 Å². The number of anilines is 2. The average molecular weight is 558 g/mol. The Morgan fingerprint density at radius 2 is 1.66 bits per heavy atom. The van der Waals surface area contributed by atoms with E-state index in [9.17, 15) is 14.4 Å². The van der Waals surface area contributed by atoms with Crippen LogP contribution in [0.15, 0.2) is 76.5 Å². The van der Waals surface area contributed by atoms with E-state index in [1.165, 1.54) is 16.1 Å². The van der Waals surface area contributed by atoms with E-state index < -0.39 is 5.41 Å². The van der Waals surface area contributed by atoms with Crippen molar-refractivity contribution in [3.8, 4) is 5.75 Å². The van der Waals surface area contributed by atoms with Gasteiger partial charge in [0.15, 0.2) is 0 Å². The fourth-order valence-electron chi connectivity index (χ4n) is 5.22. The molecule has 0 N–H and O–H groups in total. The van der Waals surface area contributed by atoms with Crippen molar-refractivity contribution in [2.24, 2.45) is 5.41 Å². The van der Waals surface area contributed by atoms with Crippen LogP contribution in [0.2, 0.25) is 0 Å². The standard InChI is InChI=1S/C31H35N5O5/c1-31(2)29(38)33(3)25-7-6-23(20-26(25)34(4)30(31)39)40-18-5-14-35(21-22-8-12-32-13-9-22)16-17-36-15-10-27-24(28(36)37)11-19-41-27/h6-13,15,19-20H,5,14,16-18,21H2,1-4H3. The molecule has 0 saturated carbocycles. The van der Waals surface area contributed by atoms with Crippen LogP contribution >= 0.6 is 0 Å². The van der Waals surface area contributed by atoms with Gasteiger partial charge in [0.2, 0.25) is 11.8 Å². The monoisotopic (exact) mass is 557 g/mol. The lowest BCUT2D eigenvalue weighted by atomic mass is 9.90. The molecule has 0 radical (unpaired) electrons. The zero-order chi connectivity index (χ0) is 29.1. The molecule has 0 spiro atoms. The number of nitrogens with zero attached hydrogens (tertiary/aromatic N) is 5. The van der Waals surface area contributed by atoms with Crippen LogP contribution in [-0.4, -0.2) is 60.1 Å². The highest BCUT2D eigenvalue weighted by molar-refractivity contribution is 6.19. The first-order chi connectivity index (χ1) is 19.7. The Balaban J connectivity index is 1.24. The molecule has 3 aromatic heterocycles. The molecule has 0 saturated heterocycles. The molecule has 10 heteroatoms. The molecule has 1 aliphatic heterocycles. The van der Waals surface area contributed by atoms with Gasteiger partial charge in [-0.05, 0) is 62.2 Å². The summed E-state index contributed by atoms with van der Waals surface area (Å²) in [5.74, 6) is 0.121. The van der Waals surface area contributed by atoms with E-state index >= 15 is 0 Å². The van der Waals surface area contributed by atoms with Crippen LogP contribution < -0.4 is 20.1 Å². The van der Waals surface area contributed by atoms with Gasteiger partial charge in [-0.15, -0.1) is 0 Å². The molecule has 214 valence electrons. The molecule has 4 heterocycles. The van der Waals surface area contributed by atoms with E-state index in [2.05, 4.69) is 9.88 Å². The first kappa shape index (κ1) is 28.1. The summed E-state index contributed by atoms with van der Waals surface area (Å²) in [6.45, 7) is 6.44. The van der Waals surface area contributed by atoms with Crippen molar-refractivity contribution >= 4 is 34.2 Å². The normalized spacial score (nSPS) is 15.0. The Hall–Kier alpha value is -4.44. The number of benzene rings is 1. The van der Waals surface area contributed by atoms with Gasteiger partial charge in [-0.3, -0.25) is 24.3 Å². The number of aromatic nitrogens is 2. The molecule has 4 aromatic rings. The molecular weight excluding hydrogens is 522 g/mol. The van der Waals surface area contributed by atoms with Gasteiger partial charge in [0, 0.05) is 64.9 Å². The minimum atomic E-state index is -1.16. The van der Waals surface area contributed by atoms with Gasteiger partial charge in [0.25, 0.3) is 5.56 Å². The maximum Gasteiger partial charge on any atom is 0.261 e. The molecule has 2 amide bonds. The van der Waals surface area contributed by atoms with Crippen LogP contribution in [0.4, 0.5) is 11.4 Å². The second-order valence-electron chi connectivity index (χ2n) is 10.9. The summed E-state index contributed by atoms with van der Waals surface area (Å²) in [7, 11) is 3.38. The van der Waals surface area contributed by atoms with Crippen LogP contribution in [0.1, 0.15) is 25.8 Å². The Morgan fingerprint density at radius 3 is 2.41 bits per heavy atom. The van der Waals surface area contributed by atoms with E-state index in [0.29, 0.717) is 54.3 Å². The number of carbonyl (C=O) groups is 2. The average Bonchev–Trinajstić information content (AvgIpc) is 3.46. The number of rotatable bonds is 10. The number of hydrogen-bond donors (Lipinski definition) is 0. The molecule has 0 bridgehead atoms. The largest absolute Gasteiger partial charge is 0.493 e. The van der Waals surface area contributed by atoms with Gasteiger partial charge in [-0.1, -0.05) is 0 Å². The van der Waals surface area contributed by atoms with E-state index in [0.717, 1.165) is 18.5 Å². The molecule has 0 aliphatic carbocycles. The Morgan fingerprint density at radius 1 is 0.927 bits per heavy atom. The molecule has 0 atom stereocenters. The van der Waals surface area contributed by atoms with Crippen molar-refractivity contribution in [1.29, 1.82) is 0 Å². The topological polar surface area (TPSA) is 101 Å². The zero-order valence-electron chi connectivity index (χ0n) is 23.9. The minimum Gasteiger partial charge on any atom is -0.493 e. The maximum absolute atomic E-state index is 13.0. The molecule has 0 fully saturated rings. The van der Waals surface area contributed by atoms with Gasteiger partial charge in [0.1, 0.15) is 16.7 Å². The second-order valence-corrected chi connectivity index (χ2v) is 10.9. The number of furan rings is 1. The molecule has 10 nitrogen and oxygen atoms in total. The van der Waals surface area contributed by atoms with E-state index in [-0.39, 0.29) is 17.4 Å². The lowest BCUT2D eigenvalue weighted by Crippen LogP contribution is -2.46. The van der Waals surface area contributed by atoms with Crippen molar-refractivity contribution in [3.05, 3.63) is 83.2 Å². The summed E-state index contributed by atoms with van der Waals surface area (Å²) in [5, 5.41) is 0.578. The maximum atomic E-state index is 13.0. The number of ether oxygens (including phenoxy) is 1. The molecule has 1 aliphatic rings. The SMILES string of the molecule is CN1C(=O)C(C)(C)C(=O)N(C)c2cc(OCCCN(CCn3ccc4occc4c3=O)Cc3ccncc3)ccc21. The smallest absolute Gasteiger partial charge is 0.261 e. The van der Waals surface area contributed by atoms with Crippen LogP contribution in [0.25, 0.3) is 11.0 Å². The third-order valence-electron chi connectivity index (χ3n) is 7.64. The number of amides is 2. The highest BCUT2D eigenvalue weighted by Gasteiger charge is 2.44. The van der Waals surface area contributed by atoms with Crippen molar-refractivity contribution in [2.45, 2.75) is 33.4 Å². The number of carbonyl (C=O) groups excluding carboxylic acids is 2. The molecule has 1 aromatic carbocycles. The number of fused-ring (bicyclic) bond motifs is 2. The predicted octanol–water partition coefficient (Wildman–Crippen LogP) is 3.93. The first-order valence-corrected chi connectivity index (χ1v) is 13.7. The fourth-order valence-corrected chi connectivity index (χ4v) is 5.22. The summed E-state index contributed by atoms with van der Waals surface area (Å²) in [5.41, 5.74) is 1.80. The fraction of sp³-hybridized carbons (Fsp3) is 0.355. The quantitative estimate of drug-likeness (QED) is 0.215. The second kappa shape index (κ2) is 11.6. The third-order valence-corrected chi connectivity index (χ3v) is 7.64. The lowest BCUT2D eigenvalue weighted by molar-refractivity contribution is -0.137. The van der Waals surface area contributed by atoms with Crippen molar-refractivity contribution in [3.63, 3.8) is 0 Å². The third kappa shape index (κ3) is 5.74. The van der Waals surface area contributed by atoms with Crippen molar-refractivity contribution in [2.75, 3.05) is 43.6 Å². The van der Waals surface area contributed by atoms with Gasteiger partial charge in [-0.2, -0.15) is 0 Å². The summed E-state index contributed by atoms with van der Waals surface area (Å²) in [6.07, 6.45) is 7.61. The molecular formula is C31H35N5O5. The number of pyridine rings is 2. The summed E-state index contributed by atoms with van der Waals surface area (Å²) >= 11 is 0. The van der Waals surface area contributed by atoms with Gasteiger partial charge < -0.3 is 23.5 Å². The Labute approximate surface area is 238 Å². The highest BCUT2D eigenvalue weighted by atomic mass is 16.5. The first-order valence-electron chi connectivity index (χ1n) is 13.7. The summed E-state index contributed by atoms with van der Waals surface area (Å²) in [4.78, 5) is 48.2. The summed E-state index contributed by atoms with van der Waals surface area (Å²) < 4.78 is 13.1. The van der Waals surface area contributed by atoms with Gasteiger partial charge in [0.05, 0.1) is 29.6 Å². The van der Waals surface area contributed by atoms with Crippen LogP contribution in [0.5, 0.6) is 5.75 Å². The van der Waals surface area contributed by atoms with Crippen LogP contribution in [0.3, 0.4) is 0 Å². The van der Waals surface area contributed by atoms with E-state index in [1.807, 2.05) is 36.4 Å². The summed E-state index contributed by atoms with van der Waals surface area (Å²) in [6, 6.07) is 13.0. The van der Waals surface area contributed by atoms with Gasteiger partial charge in [-0.25, -0.2) is 0 Å². The predicted molar refractivity (Wildman–Crippen MR) is 157 cm³/mol. The van der Waals surface area contributed by atoms with Gasteiger partial charge >= 0.3 is 0 Å². The molecule has 41 heavy (non-hydrogen) atoms. The van der Waals surface area contributed by atoms with Crippen LogP contribution in [-0.2, 0) is 22.7 Å². The Bertz CT molecular complexity index is 1610. The van der Waals surface area contributed by atoms with E-state index in [4.69, 9.17) is 9.15 Å². The Kier molecular flexibility index (Phi) is 7.94. The minimum absolute atomic E-state index is 0.0640. The highest BCUT2D eigenvalue weighted by Crippen LogP contribution is 2.39. The molecule has 5 rings (SSSR count). The van der Waals surface area contributed by atoms with Crippen LogP contribution in [0, 0.1) is 5.41 Å². The zero-order valence-corrected chi connectivity index (χ0v) is 23.9. The number of hydrogen-bond acceptors (Lipinski definition) is 7. The van der Waals surface area contributed by atoms with E-state index in [1.54, 1.807) is 57.2 Å². The van der Waals surface area contributed by atoms with Crippen molar-refractivity contribution in [1.82, 2.24) is 14.5 Å². The molecule has 0 unspecified atom stereocenters. The lowest BCUT2D eigenvalue weighted by Gasteiger charge is -2.25.